The summed E-state index contributed by atoms with van der Waals surface area (Å²) >= 11 is 0. The van der Waals surface area contributed by atoms with Gasteiger partial charge in [-0.25, -0.2) is 4.79 Å². The number of benzene rings is 1. The predicted molar refractivity (Wildman–Crippen MR) is 99.8 cm³/mol. The molecular formula is C16H29Mg2NO4. The maximum absolute atomic E-state index is 11.2. The number of amides is 1. The molecule has 0 aliphatic heterocycles. The number of carboxylic acid groups (broad SMARTS) is 1. The van der Waals surface area contributed by atoms with Crippen LogP contribution in [0.4, 0.5) is 0 Å². The number of hydrogen-bond donors (Lipinski definition) is 3. The Labute approximate surface area is 170 Å². The van der Waals surface area contributed by atoms with Gasteiger partial charge in [0.1, 0.15) is 11.3 Å². The van der Waals surface area contributed by atoms with Crippen LogP contribution >= 0.6 is 0 Å². The molecule has 0 heterocycles. The van der Waals surface area contributed by atoms with Gasteiger partial charge < -0.3 is 15.9 Å². The molecule has 0 spiro atoms. The van der Waals surface area contributed by atoms with Crippen LogP contribution in [0.25, 0.3) is 0 Å². The number of primary amides is 1. The van der Waals surface area contributed by atoms with Gasteiger partial charge in [-0.15, -0.1) is 0 Å². The molecule has 1 aromatic carbocycles. The monoisotopic (exact) mass is 347 g/mol. The quantitative estimate of drug-likeness (QED) is 0.520. The number of hydrogen-bond acceptors (Lipinski definition) is 3. The van der Waals surface area contributed by atoms with Crippen LogP contribution < -0.4 is 5.73 Å². The van der Waals surface area contributed by atoms with Gasteiger partial charge in [-0.1, -0.05) is 47.6 Å². The van der Waals surface area contributed by atoms with Crippen molar-refractivity contribution in [1.29, 1.82) is 0 Å². The predicted octanol–water partition coefficient (Wildman–Crippen LogP) is 0.954. The summed E-state index contributed by atoms with van der Waals surface area (Å²) in [6.45, 7) is 12.0. The number of phenols is 1. The van der Waals surface area contributed by atoms with Crippen molar-refractivity contribution in [1.82, 2.24) is 0 Å². The zero-order valence-corrected chi connectivity index (χ0v) is 13.5. The van der Waals surface area contributed by atoms with E-state index in [1.54, 1.807) is 6.07 Å². The van der Waals surface area contributed by atoms with Crippen molar-refractivity contribution >= 4 is 58.5 Å². The summed E-state index contributed by atoms with van der Waals surface area (Å²) in [6.07, 6.45) is 0.250. The van der Waals surface area contributed by atoms with Crippen LogP contribution in [0, 0.1) is 0 Å². The smallest absolute Gasteiger partial charge is 0.339 e. The van der Waals surface area contributed by atoms with Crippen LogP contribution in [0.1, 0.15) is 63.0 Å². The first-order chi connectivity index (χ1) is 9.36. The fourth-order valence-electron chi connectivity index (χ4n) is 1.80. The topological polar surface area (TPSA) is 101 Å². The number of carbonyl (C=O) groups is 2. The lowest BCUT2D eigenvalue weighted by molar-refractivity contribution is -0.106. The molecule has 0 fully saturated rings. The molecule has 0 saturated heterocycles. The third-order valence-corrected chi connectivity index (χ3v) is 3.01. The second-order valence-corrected chi connectivity index (χ2v) is 6.86. The Balaban J connectivity index is -0.000000740. The Morgan fingerprint density at radius 1 is 1.04 bits per heavy atom. The Bertz CT molecular complexity index is 532. The van der Waals surface area contributed by atoms with Gasteiger partial charge in [0.2, 0.25) is 6.41 Å². The number of aromatic hydroxyl groups is 1. The Morgan fingerprint density at radius 3 is 1.70 bits per heavy atom. The summed E-state index contributed by atoms with van der Waals surface area (Å²) in [5.74, 6) is -1.22. The molecule has 7 heteroatoms. The average Bonchev–Trinajstić information content (AvgIpc) is 2.26. The first-order valence-electron chi connectivity index (χ1n) is 6.63. The van der Waals surface area contributed by atoms with E-state index in [1.807, 2.05) is 47.6 Å². The maximum atomic E-state index is 11.2. The van der Waals surface area contributed by atoms with Gasteiger partial charge in [0.05, 0.1) is 0 Å². The fraction of sp³-hybridized carbons (Fsp3) is 0.500. The minimum absolute atomic E-state index is 0. The summed E-state index contributed by atoms with van der Waals surface area (Å²) in [7, 11) is 0. The summed E-state index contributed by atoms with van der Waals surface area (Å²) in [4.78, 5) is 19.8. The van der Waals surface area contributed by atoms with Crippen molar-refractivity contribution in [2.24, 2.45) is 5.73 Å². The molecule has 0 radical (unpaired) electrons. The number of rotatable bonds is 1. The van der Waals surface area contributed by atoms with Gasteiger partial charge in [-0.2, -0.15) is 0 Å². The molecule has 0 aromatic heterocycles. The van der Waals surface area contributed by atoms with Crippen molar-refractivity contribution in [3.63, 3.8) is 0 Å². The molecule has 1 aromatic rings. The average molecular weight is 348 g/mol. The van der Waals surface area contributed by atoms with Crippen LogP contribution in [-0.4, -0.2) is 68.7 Å². The number of aromatic carboxylic acids is 1. The van der Waals surface area contributed by atoms with Gasteiger partial charge in [-0.05, 0) is 22.5 Å². The lowest BCUT2D eigenvalue weighted by Crippen LogP contribution is -2.18. The van der Waals surface area contributed by atoms with E-state index in [4.69, 9.17) is 4.79 Å². The van der Waals surface area contributed by atoms with E-state index in [0.29, 0.717) is 5.56 Å². The highest BCUT2D eigenvalue weighted by atomic mass is 24.3. The van der Waals surface area contributed by atoms with E-state index >= 15 is 0 Å². The van der Waals surface area contributed by atoms with Gasteiger partial charge in [0, 0.05) is 5.56 Å². The van der Waals surface area contributed by atoms with E-state index in [2.05, 4.69) is 5.73 Å². The lowest BCUT2D eigenvalue weighted by atomic mass is 9.79. The number of carbonyl (C=O) groups excluding carboxylic acids is 1. The van der Waals surface area contributed by atoms with Gasteiger partial charge in [0.25, 0.3) is 0 Å². The summed E-state index contributed by atoms with van der Waals surface area (Å²) in [5.41, 5.74) is 5.29. The van der Waals surface area contributed by atoms with E-state index in [1.165, 1.54) is 0 Å². The Morgan fingerprint density at radius 2 is 1.43 bits per heavy atom. The zero-order chi connectivity index (χ0) is 17.0. The molecule has 0 aliphatic rings. The normalized spacial score (nSPS) is 10.3. The minimum atomic E-state index is -1.09. The third kappa shape index (κ3) is 8.23. The molecule has 4 N–H and O–H groups in total. The highest BCUT2D eigenvalue weighted by molar-refractivity contribution is 5.91. The van der Waals surface area contributed by atoms with Crippen molar-refractivity contribution in [2.45, 2.75) is 52.4 Å². The van der Waals surface area contributed by atoms with Gasteiger partial charge in [0.15, 0.2) is 0 Å². The molecule has 1 rings (SSSR count). The van der Waals surface area contributed by atoms with Crippen LogP contribution in [-0.2, 0) is 15.6 Å². The fourth-order valence-corrected chi connectivity index (χ4v) is 1.80. The second-order valence-electron chi connectivity index (χ2n) is 6.86. The largest absolute Gasteiger partial charge is 0.507 e. The van der Waals surface area contributed by atoms with E-state index in [0.717, 1.165) is 5.56 Å². The first kappa shape index (κ1) is 27.3. The molecular weight excluding hydrogens is 319 g/mol. The van der Waals surface area contributed by atoms with Crippen molar-refractivity contribution in [3.8, 4) is 5.75 Å². The molecule has 1 amide bonds. The molecule has 23 heavy (non-hydrogen) atoms. The first-order valence-corrected chi connectivity index (χ1v) is 6.63. The summed E-state index contributed by atoms with van der Waals surface area (Å²) in [5, 5.41) is 19.3. The Kier molecular flexibility index (Phi) is 12.3. The zero-order valence-electron chi connectivity index (χ0n) is 13.5. The molecule has 5 nitrogen and oxygen atoms in total. The van der Waals surface area contributed by atoms with Crippen molar-refractivity contribution in [3.05, 3.63) is 28.8 Å². The number of carboxylic acids is 1. The van der Waals surface area contributed by atoms with E-state index in [-0.39, 0.29) is 74.7 Å². The van der Waals surface area contributed by atoms with E-state index < -0.39 is 5.97 Å². The van der Waals surface area contributed by atoms with Crippen molar-refractivity contribution in [2.75, 3.05) is 0 Å². The van der Waals surface area contributed by atoms with Gasteiger partial charge in [-0.3, -0.25) is 4.79 Å². The summed E-state index contributed by atoms with van der Waals surface area (Å²) < 4.78 is 0. The van der Waals surface area contributed by atoms with Gasteiger partial charge >= 0.3 is 52.1 Å². The van der Waals surface area contributed by atoms with E-state index in [9.17, 15) is 15.0 Å². The second kappa shape index (κ2) is 10.4. The Hall–Kier alpha value is -0.508. The molecule has 0 atom stereocenters. The molecule has 0 saturated carbocycles. The number of nitrogens with two attached hydrogens (primary N) is 1. The molecule has 0 aliphatic carbocycles. The molecule has 0 bridgehead atoms. The van der Waals surface area contributed by atoms with Crippen LogP contribution in [0.5, 0.6) is 5.75 Å². The standard InChI is InChI=1S/C15H22O3.CH3NO.2Mg.4H/c1-14(2,3)9-7-10(13(17)18)12(16)11(8-9)15(4,5)6;2-1-3;;;;;;/h7-8,16H,1-6H3,(H,17,18);1H,(H2,2,3);;;;;;. The maximum Gasteiger partial charge on any atom is 0.339 e. The van der Waals surface area contributed by atoms with Crippen LogP contribution in [0.3, 0.4) is 0 Å². The lowest BCUT2D eigenvalue weighted by Gasteiger charge is -2.26. The van der Waals surface area contributed by atoms with Crippen LogP contribution in [0.15, 0.2) is 12.1 Å². The SMILES string of the molecule is CC(C)(C)c1cc(C(=O)O)c(O)c(C(C)(C)C)c1.NC=O.[MgH2].[MgH2]. The highest BCUT2D eigenvalue weighted by Crippen LogP contribution is 2.37. The highest BCUT2D eigenvalue weighted by Gasteiger charge is 2.26. The minimum Gasteiger partial charge on any atom is -0.507 e. The molecule has 0 unspecified atom stereocenters. The summed E-state index contributed by atoms with van der Waals surface area (Å²) in [6, 6.07) is 3.47. The molecule has 126 valence electrons. The third-order valence-electron chi connectivity index (χ3n) is 3.01. The van der Waals surface area contributed by atoms with Crippen molar-refractivity contribution < 1.29 is 19.8 Å². The van der Waals surface area contributed by atoms with Crippen LogP contribution in [0.2, 0.25) is 0 Å².